The third kappa shape index (κ3) is 4.67. The fraction of sp³-hybridized carbons (Fsp3) is 0.300. The lowest BCUT2D eigenvalue weighted by molar-refractivity contribution is -0.124. The van der Waals surface area contributed by atoms with Crippen LogP contribution >= 0.6 is 11.6 Å². The summed E-state index contributed by atoms with van der Waals surface area (Å²) in [6, 6.07) is 9.89. The van der Waals surface area contributed by atoms with Gasteiger partial charge in [0.15, 0.2) is 18.1 Å². The summed E-state index contributed by atoms with van der Waals surface area (Å²) in [5.41, 5.74) is 1.06. The molecule has 1 aliphatic rings. The molecule has 0 saturated heterocycles. The van der Waals surface area contributed by atoms with Crippen molar-refractivity contribution in [2.75, 3.05) is 26.9 Å². The molecule has 1 amide bonds. The van der Waals surface area contributed by atoms with Crippen LogP contribution in [0.4, 0.5) is 0 Å². The Bertz CT molecular complexity index is 868. The SMILES string of the molecule is COc1cc(C(=O)OCC(=O)N[C@H](C)c2cccc(Cl)c2)cc2c1OCCO2. The van der Waals surface area contributed by atoms with Crippen LogP contribution in [-0.2, 0) is 9.53 Å². The molecule has 7 nitrogen and oxygen atoms in total. The number of halogens is 1. The van der Waals surface area contributed by atoms with Gasteiger partial charge in [0.05, 0.1) is 18.7 Å². The smallest absolute Gasteiger partial charge is 0.338 e. The molecule has 1 aliphatic heterocycles. The normalized spacial score (nSPS) is 13.4. The Hall–Kier alpha value is -2.93. The number of carbonyl (C=O) groups excluding carboxylic acids is 2. The van der Waals surface area contributed by atoms with Crippen LogP contribution < -0.4 is 19.5 Å². The van der Waals surface area contributed by atoms with Gasteiger partial charge < -0.3 is 24.3 Å². The number of rotatable bonds is 6. The Balaban J connectivity index is 1.60. The second-order valence-corrected chi connectivity index (χ2v) is 6.56. The van der Waals surface area contributed by atoms with Crippen LogP contribution in [0, 0.1) is 0 Å². The summed E-state index contributed by atoms with van der Waals surface area (Å²) in [4.78, 5) is 24.4. The van der Waals surface area contributed by atoms with Gasteiger partial charge in [-0.25, -0.2) is 4.79 Å². The molecule has 0 saturated carbocycles. The van der Waals surface area contributed by atoms with Gasteiger partial charge in [0, 0.05) is 5.02 Å². The highest BCUT2D eigenvalue weighted by atomic mass is 35.5. The Morgan fingerprint density at radius 3 is 2.75 bits per heavy atom. The maximum Gasteiger partial charge on any atom is 0.338 e. The van der Waals surface area contributed by atoms with E-state index in [1.807, 2.05) is 13.0 Å². The Morgan fingerprint density at radius 2 is 2.00 bits per heavy atom. The first kappa shape index (κ1) is 19.8. The Kier molecular flexibility index (Phi) is 6.26. The molecular formula is C20H20ClNO6. The summed E-state index contributed by atoms with van der Waals surface area (Å²) in [7, 11) is 1.47. The molecule has 0 aliphatic carbocycles. The molecule has 148 valence electrons. The molecule has 3 rings (SSSR count). The van der Waals surface area contributed by atoms with Gasteiger partial charge in [-0.2, -0.15) is 0 Å². The molecule has 0 aromatic heterocycles. The molecule has 0 spiro atoms. The van der Waals surface area contributed by atoms with E-state index in [9.17, 15) is 9.59 Å². The maximum atomic E-state index is 12.3. The molecule has 2 aromatic rings. The van der Waals surface area contributed by atoms with Crippen LogP contribution in [0.15, 0.2) is 36.4 Å². The first-order valence-corrected chi connectivity index (χ1v) is 9.05. The van der Waals surface area contributed by atoms with E-state index in [2.05, 4.69) is 5.32 Å². The van der Waals surface area contributed by atoms with Crippen molar-refractivity contribution in [1.82, 2.24) is 5.32 Å². The van der Waals surface area contributed by atoms with Gasteiger partial charge in [0.25, 0.3) is 5.91 Å². The topological polar surface area (TPSA) is 83.1 Å². The van der Waals surface area contributed by atoms with E-state index in [-0.39, 0.29) is 11.6 Å². The highest BCUT2D eigenvalue weighted by molar-refractivity contribution is 6.30. The zero-order valence-electron chi connectivity index (χ0n) is 15.5. The minimum absolute atomic E-state index is 0.205. The molecule has 0 fully saturated rings. The van der Waals surface area contributed by atoms with E-state index in [1.165, 1.54) is 19.2 Å². The minimum Gasteiger partial charge on any atom is -0.493 e. The first-order chi connectivity index (χ1) is 13.5. The van der Waals surface area contributed by atoms with Crippen molar-refractivity contribution < 1.29 is 28.5 Å². The molecular weight excluding hydrogens is 386 g/mol. The number of hydrogen-bond acceptors (Lipinski definition) is 6. The number of amides is 1. The molecule has 2 aromatic carbocycles. The number of nitrogens with one attached hydrogen (secondary N) is 1. The van der Waals surface area contributed by atoms with Crippen LogP contribution in [-0.4, -0.2) is 38.8 Å². The van der Waals surface area contributed by atoms with Gasteiger partial charge in [-0.3, -0.25) is 4.79 Å². The highest BCUT2D eigenvalue weighted by Gasteiger charge is 2.22. The van der Waals surface area contributed by atoms with Crippen molar-refractivity contribution in [3.8, 4) is 17.2 Å². The van der Waals surface area contributed by atoms with Gasteiger partial charge in [-0.05, 0) is 36.8 Å². The number of esters is 1. The molecule has 1 heterocycles. The van der Waals surface area contributed by atoms with Gasteiger partial charge in [0.1, 0.15) is 13.2 Å². The summed E-state index contributed by atoms with van der Waals surface area (Å²) in [6.07, 6.45) is 0. The lowest BCUT2D eigenvalue weighted by Gasteiger charge is -2.21. The zero-order valence-corrected chi connectivity index (χ0v) is 16.2. The van der Waals surface area contributed by atoms with Crippen molar-refractivity contribution in [3.05, 3.63) is 52.5 Å². The van der Waals surface area contributed by atoms with E-state index < -0.39 is 18.5 Å². The summed E-state index contributed by atoms with van der Waals surface area (Å²) >= 11 is 5.96. The van der Waals surface area contributed by atoms with Crippen LogP contribution in [0.3, 0.4) is 0 Å². The van der Waals surface area contributed by atoms with Crippen molar-refractivity contribution in [1.29, 1.82) is 0 Å². The maximum absolute atomic E-state index is 12.3. The summed E-state index contributed by atoms with van der Waals surface area (Å²) in [5, 5.41) is 3.34. The average molecular weight is 406 g/mol. The van der Waals surface area contributed by atoms with E-state index >= 15 is 0 Å². The van der Waals surface area contributed by atoms with E-state index in [0.717, 1.165) is 5.56 Å². The van der Waals surface area contributed by atoms with Crippen molar-refractivity contribution in [3.63, 3.8) is 0 Å². The fourth-order valence-electron chi connectivity index (χ4n) is 2.75. The van der Waals surface area contributed by atoms with Crippen LogP contribution in [0.2, 0.25) is 5.02 Å². The lowest BCUT2D eigenvalue weighted by atomic mass is 10.1. The summed E-state index contributed by atoms with van der Waals surface area (Å²) in [6.45, 7) is 2.17. The molecule has 28 heavy (non-hydrogen) atoms. The summed E-state index contributed by atoms with van der Waals surface area (Å²) < 4.78 is 21.3. The van der Waals surface area contributed by atoms with Crippen molar-refractivity contribution >= 4 is 23.5 Å². The number of hydrogen-bond donors (Lipinski definition) is 1. The monoisotopic (exact) mass is 405 g/mol. The number of fused-ring (bicyclic) bond motifs is 1. The van der Waals surface area contributed by atoms with Crippen LogP contribution in [0.5, 0.6) is 17.2 Å². The Labute approximate surface area is 167 Å². The molecule has 0 radical (unpaired) electrons. The second kappa shape index (κ2) is 8.84. The van der Waals surface area contributed by atoms with Gasteiger partial charge in [-0.1, -0.05) is 23.7 Å². The number of carbonyl (C=O) groups is 2. The molecule has 0 unspecified atom stereocenters. The third-order valence-electron chi connectivity index (χ3n) is 4.12. The van der Waals surface area contributed by atoms with Gasteiger partial charge in [-0.15, -0.1) is 0 Å². The molecule has 1 N–H and O–H groups in total. The van der Waals surface area contributed by atoms with E-state index in [1.54, 1.807) is 18.2 Å². The Morgan fingerprint density at radius 1 is 1.21 bits per heavy atom. The predicted octanol–water partition coefficient (Wildman–Crippen LogP) is 3.15. The average Bonchev–Trinajstić information content (AvgIpc) is 2.71. The van der Waals surface area contributed by atoms with Crippen molar-refractivity contribution in [2.24, 2.45) is 0 Å². The predicted molar refractivity (Wildman–Crippen MR) is 102 cm³/mol. The molecule has 0 bridgehead atoms. The minimum atomic E-state index is -0.666. The van der Waals surface area contributed by atoms with E-state index in [4.69, 9.17) is 30.5 Å². The van der Waals surface area contributed by atoms with Gasteiger partial charge >= 0.3 is 5.97 Å². The standard InChI is InChI=1S/C20H20ClNO6/c1-12(13-4-3-5-15(21)8-13)22-18(23)11-28-20(24)14-9-16(25-2)19-17(10-14)26-6-7-27-19/h3-5,8-10,12H,6-7,11H2,1-2H3,(H,22,23)/t12-/m1/s1. The second-order valence-electron chi connectivity index (χ2n) is 6.12. The third-order valence-corrected chi connectivity index (χ3v) is 4.36. The number of benzene rings is 2. The largest absolute Gasteiger partial charge is 0.493 e. The van der Waals surface area contributed by atoms with Crippen LogP contribution in [0.25, 0.3) is 0 Å². The fourth-order valence-corrected chi connectivity index (χ4v) is 2.95. The first-order valence-electron chi connectivity index (χ1n) is 8.67. The lowest BCUT2D eigenvalue weighted by Crippen LogP contribution is -2.31. The zero-order chi connectivity index (χ0) is 20.1. The van der Waals surface area contributed by atoms with E-state index in [0.29, 0.717) is 35.5 Å². The number of ether oxygens (including phenoxy) is 4. The van der Waals surface area contributed by atoms with Crippen molar-refractivity contribution in [2.45, 2.75) is 13.0 Å². The quantitative estimate of drug-likeness (QED) is 0.743. The van der Waals surface area contributed by atoms with Crippen LogP contribution in [0.1, 0.15) is 28.9 Å². The molecule has 8 heteroatoms. The molecule has 1 atom stereocenters. The summed E-state index contributed by atoms with van der Waals surface area (Å²) in [5.74, 6) is 0.115. The number of methoxy groups -OCH3 is 1. The van der Waals surface area contributed by atoms with Gasteiger partial charge in [0.2, 0.25) is 5.75 Å². The highest BCUT2D eigenvalue weighted by Crippen LogP contribution is 2.40.